The molecule has 5 N–H and O–H groups in total. The highest BCUT2D eigenvalue weighted by Crippen LogP contribution is 2.06. The monoisotopic (exact) mass is 204 g/mol. The second-order valence-electron chi connectivity index (χ2n) is 4.12. The van der Waals surface area contributed by atoms with Gasteiger partial charge in [0.1, 0.15) is 0 Å². The molecule has 0 aliphatic heterocycles. The van der Waals surface area contributed by atoms with E-state index in [4.69, 9.17) is 15.9 Å². The normalized spacial score (nSPS) is 11.9. The molecule has 1 amide bonds. The van der Waals surface area contributed by atoms with E-state index >= 15 is 0 Å². The van der Waals surface area contributed by atoms with Crippen molar-refractivity contribution in [3.05, 3.63) is 0 Å². The molecule has 0 atom stereocenters. The van der Waals surface area contributed by atoms with Crippen LogP contribution in [0.4, 0.5) is 0 Å². The van der Waals surface area contributed by atoms with E-state index in [-0.39, 0.29) is 24.7 Å². The highest BCUT2D eigenvalue weighted by atomic mass is 16.3. The summed E-state index contributed by atoms with van der Waals surface area (Å²) < 4.78 is 0. The van der Waals surface area contributed by atoms with Gasteiger partial charge in [0.15, 0.2) is 0 Å². The second-order valence-corrected chi connectivity index (χ2v) is 4.12. The predicted molar refractivity (Wildman–Crippen MR) is 53.6 cm³/mol. The molecule has 0 bridgehead atoms. The van der Waals surface area contributed by atoms with Crippen molar-refractivity contribution in [2.45, 2.75) is 38.3 Å². The van der Waals surface area contributed by atoms with E-state index in [0.717, 1.165) is 0 Å². The van der Waals surface area contributed by atoms with E-state index in [2.05, 4.69) is 5.32 Å². The van der Waals surface area contributed by atoms with E-state index in [1.807, 2.05) is 13.8 Å². The van der Waals surface area contributed by atoms with E-state index in [0.29, 0.717) is 12.8 Å². The third-order valence-corrected chi connectivity index (χ3v) is 1.80. The van der Waals surface area contributed by atoms with Crippen LogP contribution in [0.3, 0.4) is 0 Å². The summed E-state index contributed by atoms with van der Waals surface area (Å²) >= 11 is 0. The molecule has 5 heteroatoms. The van der Waals surface area contributed by atoms with Gasteiger partial charge < -0.3 is 21.3 Å². The van der Waals surface area contributed by atoms with Crippen LogP contribution < -0.4 is 11.1 Å². The number of carbonyl (C=O) groups excluding carboxylic acids is 1. The molecular formula is C9H20N2O3. The first-order valence-corrected chi connectivity index (χ1v) is 4.69. The van der Waals surface area contributed by atoms with Crippen molar-refractivity contribution >= 4 is 5.91 Å². The number of aliphatic hydroxyl groups is 2. The van der Waals surface area contributed by atoms with Crippen LogP contribution in [-0.2, 0) is 4.79 Å². The Morgan fingerprint density at radius 1 is 1.43 bits per heavy atom. The maximum atomic E-state index is 11.2. The van der Waals surface area contributed by atoms with Gasteiger partial charge >= 0.3 is 0 Å². The lowest BCUT2D eigenvalue weighted by molar-refractivity contribution is -0.122. The zero-order valence-electron chi connectivity index (χ0n) is 8.79. The molecule has 0 saturated heterocycles. The fourth-order valence-electron chi connectivity index (χ4n) is 0.885. The molecule has 0 fully saturated rings. The largest absolute Gasteiger partial charge is 0.394 e. The van der Waals surface area contributed by atoms with E-state index in [1.165, 1.54) is 0 Å². The van der Waals surface area contributed by atoms with Crippen molar-refractivity contribution in [3.63, 3.8) is 0 Å². The maximum absolute atomic E-state index is 11.2. The quantitative estimate of drug-likeness (QED) is 0.445. The summed E-state index contributed by atoms with van der Waals surface area (Å²) in [5.74, 6) is -0.198. The molecule has 0 aromatic carbocycles. The number of carbonyl (C=O) groups is 1. The first kappa shape index (κ1) is 13.4. The first-order valence-electron chi connectivity index (χ1n) is 4.69. The van der Waals surface area contributed by atoms with Crippen LogP contribution in [0.25, 0.3) is 0 Å². The number of amides is 1. The summed E-state index contributed by atoms with van der Waals surface area (Å²) in [7, 11) is 0. The van der Waals surface area contributed by atoms with Crippen molar-refractivity contribution in [2.75, 3.05) is 13.2 Å². The van der Waals surface area contributed by atoms with Crippen LogP contribution in [0.5, 0.6) is 0 Å². The van der Waals surface area contributed by atoms with Crippen molar-refractivity contribution in [3.8, 4) is 0 Å². The van der Waals surface area contributed by atoms with Gasteiger partial charge in [-0.25, -0.2) is 0 Å². The number of hydrogen-bond donors (Lipinski definition) is 4. The fourth-order valence-corrected chi connectivity index (χ4v) is 0.885. The summed E-state index contributed by atoms with van der Waals surface area (Å²) in [5.41, 5.74) is 5.33. The van der Waals surface area contributed by atoms with Gasteiger partial charge in [0.2, 0.25) is 5.91 Å². The van der Waals surface area contributed by atoms with Crippen molar-refractivity contribution in [1.29, 1.82) is 0 Å². The number of aliphatic hydroxyl groups excluding tert-OH is 2. The average Bonchev–Trinajstić information content (AvgIpc) is 2.09. The van der Waals surface area contributed by atoms with Gasteiger partial charge in [-0.15, -0.1) is 0 Å². The molecule has 0 heterocycles. The smallest absolute Gasteiger partial charge is 0.220 e. The average molecular weight is 204 g/mol. The van der Waals surface area contributed by atoms with Crippen molar-refractivity contribution in [2.24, 2.45) is 5.73 Å². The van der Waals surface area contributed by atoms with Gasteiger partial charge in [0, 0.05) is 12.0 Å². The number of nitrogens with two attached hydrogens (primary N) is 1. The maximum Gasteiger partial charge on any atom is 0.220 e. The number of nitrogens with one attached hydrogen (secondary N) is 1. The summed E-state index contributed by atoms with van der Waals surface area (Å²) in [6, 6.07) is -0.566. The SMILES string of the molecule is CC(C)(N)CCC(=O)NC(CO)CO. The van der Waals surface area contributed by atoms with Crippen LogP contribution in [0.1, 0.15) is 26.7 Å². The number of rotatable bonds is 6. The van der Waals surface area contributed by atoms with Gasteiger partial charge in [-0.1, -0.05) is 0 Å². The third kappa shape index (κ3) is 6.82. The molecule has 0 unspecified atom stereocenters. The highest BCUT2D eigenvalue weighted by Gasteiger charge is 2.15. The minimum Gasteiger partial charge on any atom is -0.394 e. The lowest BCUT2D eigenvalue weighted by Gasteiger charge is -2.19. The van der Waals surface area contributed by atoms with E-state index < -0.39 is 6.04 Å². The molecule has 14 heavy (non-hydrogen) atoms. The van der Waals surface area contributed by atoms with Crippen LogP contribution in [0.2, 0.25) is 0 Å². The van der Waals surface area contributed by atoms with E-state index in [9.17, 15) is 4.79 Å². The van der Waals surface area contributed by atoms with Gasteiger partial charge in [0.25, 0.3) is 0 Å². The Kier molecular flexibility index (Phi) is 5.68. The van der Waals surface area contributed by atoms with Gasteiger partial charge in [-0.3, -0.25) is 4.79 Å². The molecule has 0 spiro atoms. The zero-order valence-corrected chi connectivity index (χ0v) is 8.79. The molecule has 84 valence electrons. The minimum atomic E-state index is -0.566. The Bertz CT molecular complexity index is 173. The van der Waals surface area contributed by atoms with Crippen LogP contribution in [0.15, 0.2) is 0 Å². The van der Waals surface area contributed by atoms with Crippen molar-refractivity contribution < 1.29 is 15.0 Å². The summed E-state index contributed by atoms with van der Waals surface area (Å²) in [6.45, 7) is 3.17. The molecule has 0 radical (unpaired) electrons. The summed E-state index contributed by atoms with van der Waals surface area (Å²) in [5, 5.41) is 19.9. The van der Waals surface area contributed by atoms with Gasteiger partial charge in [0.05, 0.1) is 19.3 Å². The molecule has 0 aromatic rings. The highest BCUT2D eigenvalue weighted by molar-refractivity contribution is 5.76. The number of hydrogen-bond acceptors (Lipinski definition) is 4. The second kappa shape index (κ2) is 5.95. The Balaban J connectivity index is 3.75. The Labute approximate surface area is 84.3 Å². The van der Waals surface area contributed by atoms with E-state index in [1.54, 1.807) is 0 Å². The predicted octanol–water partition coefficient (Wildman–Crippen LogP) is -1.03. The molecule has 0 aliphatic carbocycles. The minimum absolute atomic E-state index is 0.198. The molecule has 0 aromatic heterocycles. The topological polar surface area (TPSA) is 95.6 Å². The molecule has 5 nitrogen and oxygen atoms in total. The Morgan fingerprint density at radius 2 is 1.93 bits per heavy atom. The Morgan fingerprint density at radius 3 is 2.29 bits per heavy atom. The standard InChI is InChI=1S/C9H20N2O3/c1-9(2,10)4-3-8(14)11-7(5-12)6-13/h7,12-13H,3-6,10H2,1-2H3,(H,11,14). The van der Waals surface area contributed by atoms with Gasteiger partial charge in [-0.2, -0.15) is 0 Å². The molecule has 0 saturated carbocycles. The molecule has 0 aliphatic rings. The lowest BCUT2D eigenvalue weighted by Crippen LogP contribution is -2.41. The fraction of sp³-hybridized carbons (Fsp3) is 0.889. The lowest BCUT2D eigenvalue weighted by atomic mass is 10.00. The van der Waals surface area contributed by atoms with Crippen LogP contribution in [0, 0.1) is 0 Å². The summed E-state index contributed by atoms with van der Waals surface area (Å²) in [6.07, 6.45) is 0.877. The van der Waals surface area contributed by atoms with Crippen LogP contribution >= 0.6 is 0 Å². The molecular weight excluding hydrogens is 184 g/mol. The van der Waals surface area contributed by atoms with Gasteiger partial charge in [-0.05, 0) is 20.3 Å². The first-order chi connectivity index (χ1) is 6.39. The Hall–Kier alpha value is -0.650. The summed E-state index contributed by atoms with van der Waals surface area (Å²) in [4.78, 5) is 11.2. The third-order valence-electron chi connectivity index (χ3n) is 1.80. The van der Waals surface area contributed by atoms with Crippen molar-refractivity contribution in [1.82, 2.24) is 5.32 Å². The zero-order chi connectivity index (χ0) is 11.2. The van der Waals surface area contributed by atoms with Crippen LogP contribution in [-0.4, -0.2) is 40.9 Å². The molecule has 0 rings (SSSR count).